The van der Waals surface area contributed by atoms with E-state index in [-0.39, 0.29) is 0 Å². The second kappa shape index (κ2) is 6.39. The molecule has 1 aromatic carbocycles. The molecule has 0 radical (unpaired) electrons. The van der Waals surface area contributed by atoms with E-state index in [1.54, 1.807) is 0 Å². The highest BCUT2D eigenvalue weighted by molar-refractivity contribution is 5.54. The molecule has 0 aliphatic rings. The van der Waals surface area contributed by atoms with Gasteiger partial charge in [-0.2, -0.15) is 0 Å². The number of H-pyrrole nitrogens is 1. The van der Waals surface area contributed by atoms with Crippen LogP contribution in [0.3, 0.4) is 0 Å². The summed E-state index contributed by atoms with van der Waals surface area (Å²) in [5.74, 6) is 1.25. The minimum Gasteiger partial charge on any atom is -0.356 e. The SMILES string of the molecule is CCc1[nH]cc(-c2ccccc2)[n+]1C.O=[N+]([O-])[O-]. The molecule has 0 unspecified atom stereocenters. The van der Waals surface area contributed by atoms with E-state index in [0.717, 1.165) is 6.42 Å². The normalized spacial score (nSPS) is 9.44. The van der Waals surface area contributed by atoms with E-state index in [4.69, 9.17) is 15.3 Å². The van der Waals surface area contributed by atoms with Crippen molar-refractivity contribution in [2.24, 2.45) is 7.05 Å². The molecule has 0 spiro atoms. The monoisotopic (exact) mass is 249 g/mol. The number of nitrogens with one attached hydrogen (secondary N) is 1. The highest BCUT2D eigenvalue weighted by Crippen LogP contribution is 2.14. The average Bonchev–Trinajstić information content (AvgIpc) is 2.71. The fourth-order valence-electron chi connectivity index (χ4n) is 1.72. The molecule has 2 rings (SSSR count). The Kier molecular flexibility index (Phi) is 4.86. The molecule has 0 amide bonds. The number of aromatic nitrogens is 2. The Morgan fingerprint density at radius 1 is 1.28 bits per heavy atom. The Morgan fingerprint density at radius 2 is 1.83 bits per heavy atom. The van der Waals surface area contributed by atoms with Crippen LogP contribution in [0.1, 0.15) is 12.7 Å². The van der Waals surface area contributed by atoms with Crippen molar-refractivity contribution in [1.82, 2.24) is 4.98 Å². The summed E-state index contributed by atoms with van der Waals surface area (Å²) in [7, 11) is 2.09. The Labute approximate surface area is 105 Å². The zero-order valence-corrected chi connectivity index (χ0v) is 10.3. The molecule has 1 aromatic heterocycles. The maximum atomic E-state index is 8.25. The number of rotatable bonds is 2. The zero-order valence-electron chi connectivity index (χ0n) is 10.3. The predicted molar refractivity (Wildman–Crippen MR) is 67.1 cm³/mol. The summed E-state index contributed by atoms with van der Waals surface area (Å²) < 4.78 is 2.20. The van der Waals surface area contributed by atoms with E-state index < -0.39 is 5.09 Å². The van der Waals surface area contributed by atoms with Crippen molar-refractivity contribution in [3.8, 4) is 11.3 Å². The van der Waals surface area contributed by atoms with Gasteiger partial charge in [0.25, 0.3) is 5.82 Å². The fraction of sp³-hybridized carbons (Fsp3) is 0.250. The molecule has 2 aromatic rings. The second-order valence-electron chi connectivity index (χ2n) is 3.62. The van der Waals surface area contributed by atoms with Gasteiger partial charge in [-0.25, -0.2) is 9.55 Å². The smallest absolute Gasteiger partial charge is 0.254 e. The lowest BCUT2D eigenvalue weighted by molar-refractivity contribution is -0.667. The van der Waals surface area contributed by atoms with Crippen LogP contribution in [0.4, 0.5) is 0 Å². The van der Waals surface area contributed by atoms with Gasteiger partial charge in [-0.3, -0.25) is 0 Å². The van der Waals surface area contributed by atoms with E-state index in [9.17, 15) is 0 Å². The molecule has 0 saturated carbocycles. The third-order valence-corrected chi connectivity index (χ3v) is 2.55. The van der Waals surface area contributed by atoms with Crippen molar-refractivity contribution in [2.75, 3.05) is 0 Å². The van der Waals surface area contributed by atoms with Crippen molar-refractivity contribution < 1.29 is 9.65 Å². The Hall–Kier alpha value is -2.37. The molecule has 6 nitrogen and oxygen atoms in total. The Morgan fingerprint density at radius 3 is 2.28 bits per heavy atom. The molecule has 0 fully saturated rings. The van der Waals surface area contributed by atoms with Crippen LogP contribution < -0.4 is 4.57 Å². The first-order chi connectivity index (χ1) is 8.56. The van der Waals surface area contributed by atoms with Gasteiger partial charge in [0.15, 0.2) is 5.69 Å². The third kappa shape index (κ3) is 3.58. The van der Waals surface area contributed by atoms with Crippen molar-refractivity contribution in [3.05, 3.63) is 57.7 Å². The fourth-order valence-corrected chi connectivity index (χ4v) is 1.72. The van der Waals surface area contributed by atoms with Crippen LogP contribution in [-0.4, -0.2) is 10.1 Å². The van der Waals surface area contributed by atoms with Gasteiger partial charge < -0.3 is 15.3 Å². The summed E-state index contributed by atoms with van der Waals surface area (Å²) in [4.78, 5) is 11.5. The summed E-state index contributed by atoms with van der Waals surface area (Å²) in [6, 6.07) is 10.4. The van der Waals surface area contributed by atoms with Gasteiger partial charge in [-0.1, -0.05) is 37.3 Å². The third-order valence-electron chi connectivity index (χ3n) is 2.55. The van der Waals surface area contributed by atoms with E-state index in [2.05, 4.69) is 54.0 Å². The summed E-state index contributed by atoms with van der Waals surface area (Å²) in [6.07, 6.45) is 3.09. The molecule has 6 heteroatoms. The lowest BCUT2D eigenvalue weighted by atomic mass is 10.2. The van der Waals surface area contributed by atoms with Gasteiger partial charge in [0.1, 0.15) is 6.20 Å². The second-order valence-corrected chi connectivity index (χ2v) is 3.62. The van der Waals surface area contributed by atoms with E-state index >= 15 is 0 Å². The van der Waals surface area contributed by atoms with Crippen LogP contribution in [-0.2, 0) is 13.5 Å². The van der Waals surface area contributed by atoms with Crippen LogP contribution in [0.2, 0.25) is 0 Å². The summed E-state index contributed by atoms with van der Waals surface area (Å²) in [6.45, 7) is 2.15. The largest absolute Gasteiger partial charge is 0.356 e. The van der Waals surface area contributed by atoms with Gasteiger partial charge in [0.05, 0.1) is 12.1 Å². The summed E-state index contributed by atoms with van der Waals surface area (Å²) >= 11 is 0. The van der Waals surface area contributed by atoms with Crippen molar-refractivity contribution >= 4 is 0 Å². The standard InChI is InChI=1S/C12H14N2.NO3/c1-3-12-13-9-11(14(12)2)10-7-5-4-6-8-10;2-1(3)4/h4-9H,3H2,1-2H3;/q;-1/p+1. The minimum absolute atomic E-state index is 1.03. The van der Waals surface area contributed by atoms with Crippen LogP contribution in [0.5, 0.6) is 0 Å². The zero-order chi connectivity index (χ0) is 13.5. The number of imidazole rings is 1. The number of nitrogens with zero attached hydrogens (tertiary/aromatic N) is 2. The number of benzene rings is 1. The first kappa shape index (κ1) is 13.7. The molecule has 96 valence electrons. The maximum absolute atomic E-state index is 8.25. The molecule has 0 saturated heterocycles. The van der Waals surface area contributed by atoms with Crippen LogP contribution in [0.15, 0.2) is 36.5 Å². The number of hydrogen-bond acceptors (Lipinski definition) is 3. The van der Waals surface area contributed by atoms with E-state index in [1.807, 2.05) is 6.07 Å². The van der Waals surface area contributed by atoms with Gasteiger partial charge >= 0.3 is 0 Å². The Bertz CT molecular complexity index is 505. The number of aryl methyl sites for hydroxylation is 1. The average molecular weight is 249 g/mol. The quantitative estimate of drug-likeness (QED) is 0.500. The molecule has 0 atom stereocenters. The van der Waals surface area contributed by atoms with Crippen LogP contribution in [0.25, 0.3) is 11.3 Å². The summed E-state index contributed by atoms with van der Waals surface area (Å²) in [5, 5.41) is 14.8. The van der Waals surface area contributed by atoms with Crippen molar-refractivity contribution in [2.45, 2.75) is 13.3 Å². The first-order valence-corrected chi connectivity index (χ1v) is 5.49. The summed E-state index contributed by atoms with van der Waals surface area (Å²) in [5.41, 5.74) is 2.49. The minimum atomic E-state index is -1.75. The molecule has 1 N–H and O–H groups in total. The maximum Gasteiger partial charge on any atom is 0.254 e. The molecular weight excluding hydrogens is 234 g/mol. The topological polar surface area (TPSA) is 85.9 Å². The molecule has 0 bridgehead atoms. The van der Waals surface area contributed by atoms with Gasteiger partial charge in [0, 0.05) is 12.0 Å². The number of hydrogen-bond donors (Lipinski definition) is 1. The van der Waals surface area contributed by atoms with E-state index in [1.165, 1.54) is 17.1 Å². The predicted octanol–water partition coefficient (Wildman–Crippen LogP) is 1.83. The van der Waals surface area contributed by atoms with Gasteiger partial charge in [0.2, 0.25) is 0 Å². The van der Waals surface area contributed by atoms with Crippen LogP contribution >= 0.6 is 0 Å². The van der Waals surface area contributed by atoms with Crippen molar-refractivity contribution in [3.63, 3.8) is 0 Å². The molecule has 1 heterocycles. The van der Waals surface area contributed by atoms with E-state index in [0.29, 0.717) is 0 Å². The molecule has 18 heavy (non-hydrogen) atoms. The molecule has 0 aliphatic carbocycles. The molecule has 0 aliphatic heterocycles. The van der Waals surface area contributed by atoms with Crippen molar-refractivity contribution in [1.29, 1.82) is 0 Å². The van der Waals surface area contributed by atoms with Gasteiger partial charge in [-0.05, 0) is 0 Å². The highest BCUT2D eigenvalue weighted by Gasteiger charge is 2.13. The number of aromatic amines is 1. The first-order valence-electron chi connectivity index (χ1n) is 5.49. The Balaban J connectivity index is 0.000000357. The highest BCUT2D eigenvalue weighted by atomic mass is 16.9. The van der Waals surface area contributed by atoms with Crippen LogP contribution in [0, 0.1) is 15.3 Å². The lowest BCUT2D eigenvalue weighted by Gasteiger charge is -1.96. The lowest BCUT2D eigenvalue weighted by Crippen LogP contribution is -2.33. The molecular formula is C12H15N3O3. The van der Waals surface area contributed by atoms with Gasteiger partial charge in [-0.15, -0.1) is 0 Å².